The molecular weight excluding hydrogens is 438 g/mol. The Kier molecular flexibility index (Phi) is 7.58. The van der Waals surface area contributed by atoms with Gasteiger partial charge in [0.25, 0.3) is 0 Å². The highest BCUT2D eigenvalue weighted by Gasteiger charge is 2.21. The fourth-order valence-corrected chi connectivity index (χ4v) is 4.61. The van der Waals surface area contributed by atoms with E-state index >= 15 is 0 Å². The molecule has 0 saturated heterocycles. The first-order valence-corrected chi connectivity index (χ1v) is 12.2. The molecule has 0 aliphatic carbocycles. The summed E-state index contributed by atoms with van der Waals surface area (Å²) in [6, 6.07) is 22.3. The normalized spacial score (nSPS) is 14.4. The van der Waals surface area contributed by atoms with Crippen molar-refractivity contribution < 1.29 is 19.4 Å². The van der Waals surface area contributed by atoms with Gasteiger partial charge in [-0.3, -0.25) is 0 Å². The summed E-state index contributed by atoms with van der Waals surface area (Å²) in [7, 11) is 1.41. The molecule has 0 radical (unpaired) electrons. The van der Waals surface area contributed by atoms with Crippen LogP contribution in [0.1, 0.15) is 60.3 Å². The lowest BCUT2D eigenvalue weighted by atomic mass is 9.94. The van der Waals surface area contributed by atoms with Crippen LogP contribution in [0.4, 0.5) is 5.69 Å². The first-order valence-electron chi connectivity index (χ1n) is 12.2. The Labute approximate surface area is 208 Å². The summed E-state index contributed by atoms with van der Waals surface area (Å²) in [6.07, 6.45) is 1.30. The molecule has 3 aromatic carbocycles. The number of carbonyl (C=O) groups is 1. The summed E-state index contributed by atoms with van der Waals surface area (Å²) in [5.74, 6) is -0.300. The minimum absolute atomic E-state index is 0.248. The molecule has 1 aliphatic rings. The molecule has 184 valence electrons. The van der Waals surface area contributed by atoms with Gasteiger partial charge >= 0.3 is 5.97 Å². The third-order valence-corrected chi connectivity index (χ3v) is 6.32. The minimum atomic E-state index is -0.702. The molecule has 4 rings (SSSR count). The van der Waals surface area contributed by atoms with Gasteiger partial charge in [-0.1, -0.05) is 42.5 Å². The fraction of sp³-hybridized carbons (Fsp3) is 0.367. The van der Waals surface area contributed by atoms with Crippen molar-refractivity contribution >= 4 is 11.7 Å². The van der Waals surface area contributed by atoms with Crippen LogP contribution in [0, 0.1) is 0 Å². The number of nitrogens with zero attached hydrogens (tertiary/aromatic N) is 1. The molecule has 0 amide bonds. The van der Waals surface area contributed by atoms with E-state index in [1.807, 2.05) is 57.2 Å². The second-order valence-electron chi connectivity index (χ2n) is 10.1. The van der Waals surface area contributed by atoms with Gasteiger partial charge in [0.1, 0.15) is 6.10 Å². The molecule has 0 spiro atoms. The molecule has 35 heavy (non-hydrogen) atoms. The largest absolute Gasteiger partial charge is 0.465 e. The maximum absolute atomic E-state index is 11.9. The minimum Gasteiger partial charge on any atom is -0.465 e. The molecule has 5 heteroatoms. The summed E-state index contributed by atoms with van der Waals surface area (Å²) >= 11 is 0. The number of anilines is 1. The van der Waals surface area contributed by atoms with Crippen molar-refractivity contribution in [3.63, 3.8) is 0 Å². The zero-order valence-electron chi connectivity index (χ0n) is 21.1. The van der Waals surface area contributed by atoms with Gasteiger partial charge < -0.3 is 19.5 Å². The number of methoxy groups -OCH3 is 1. The lowest BCUT2D eigenvalue weighted by Gasteiger charge is -2.32. The monoisotopic (exact) mass is 473 g/mol. The predicted octanol–water partition coefficient (Wildman–Crippen LogP) is 5.94. The summed E-state index contributed by atoms with van der Waals surface area (Å²) in [5, 5.41) is 10.9. The number of aryl methyl sites for hydroxylation is 1. The molecule has 0 bridgehead atoms. The van der Waals surface area contributed by atoms with Gasteiger partial charge in [0, 0.05) is 18.8 Å². The lowest BCUT2D eigenvalue weighted by Crippen LogP contribution is -2.29. The van der Waals surface area contributed by atoms with Crippen LogP contribution in [0.5, 0.6) is 0 Å². The second kappa shape index (κ2) is 10.6. The second-order valence-corrected chi connectivity index (χ2v) is 10.1. The molecule has 3 aromatic rings. The zero-order chi connectivity index (χ0) is 25.0. The summed E-state index contributed by atoms with van der Waals surface area (Å²) < 4.78 is 10.7. The maximum atomic E-state index is 11.9. The Morgan fingerprint density at radius 2 is 1.86 bits per heavy atom. The van der Waals surface area contributed by atoms with Gasteiger partial charge in [0.15, 0.2) is 0 Å². The first-order chi connectivity index (χ1) is 16.7. The Morgan fingerprint density at radius 1 is 1.06 bits per heavy atom. The van der Waals surface area contributed by atoms with Crippen LogP contribution >= 0.6 is 0 Å². The van der Waals surface area contributed by atoms with E-state index in [0.29, 0.717) is 5.56 Å². The van der Waals surface area contributed by atoms with Gasteiger partial charge in [-0.25, -0.2) is 4.79 Å². The quantitative estimate of drug-likeness (QED) is 0.430. The van der Waals surface area contributed by atoms with Crippen molar-refractivity contribution in [1.29, 1.82) is 0 Å². The van der Waals surface area contributed by atoms with Crippen molar-refractivity contribution in [3.8, 4) is 11.1 Å². The summed E-state index contributed by atoms with van der Waals surface area (Å²) in [6.45, 7) is 7.96. The highest BCUT2D eigenvalue weighted by Crippen LogP contribution is 2.32. The highest BCUT2D eigenvalue weighted by atomic mass is 16.5. The van der Waals surface area contributed by atoms with Gasteiger partial charge in [0.05, 0.1) is 24.9 Å². The molecule has 1 unspecified atom stereocenters. The SMILES string of the molecule is COC(=O)c1ccc2c(c1)CCCN2Cc1cccc(-c2ccccc2C(O)COC(C)(C)C)c1. The van der Waals surface area contributed by atoms with E-state index < -0.39 is 6.10 Å². The molecule has 1 aliphatic heterocycles. The van der Waals surface area contributed by atoms with Crippen LogP contribution in [0.15, 0.2) is 66.7 Å². The number of fused-ring (bicyclic) bond motifs is 1. The Hall–Kier alpha value is -3.15. The number of carbonyl (C=O) groups excluding carboxylic acids is 1. The molecule has 1 N–H and O–H groups in total. The number of esters is 1. The third kappa shape index (κ3) is 6.11. The van der Waals surface area contributed by atoms with Crippen LogP contribution in [0.25, 0.3) is 11.1 Å². The van der Waals surface area contributed by atoms with Crippen LogP contribution in [0.2, 0.25) is 0 Å². The van der Waals surface area contributed by atoms with E-state index in [0.717, 1.165) is 42.6 Å². The van der Waals surface area contributed by atoms with Crippen molar-refractivity contribution in [2.75, 3.05) is 25.2 Å². The maximum Gasteiger partial charge on any atom is 0.337 e. The average molecular weight is 474 g/mol. The lowest BCUT2D eigenvalue weighted by molar-refractivity contribution is -0.0494. The Morgan fingerprint density at radius 3 is 2.63 bits per heavy atom. The van der Waals surface area contributed by atoms with E-state index in [1.165, 1.54) is 23.9 Å². The number of rotatable bonds is 7. The van der Waals surface area contributed by atoms with Crippen molar-refractivity contribution in [1.82, 2.24) is 0 Å². The van der Waals surface area contributed by atoms with Gasteiger partial charge in [-0.15, -0.1) is 0 Å². The molecule has 0 fully saturated rings. The average Bonchev–Trinajstić information content (AvgIpc) is 2.86. The van der Waals surface area contributed by atoms with Gasteiger partial charge in [-0.2, -0.15) is 0 Å². The highest BCUT2D eigenvalue weighted by molar-refractivity contribution is 5.90. The zero-order valence-corrected chi connectivity index (χ0v) is 21.1. The van der Waals surface area contributed by atoms with Crippen molar-refractivity contribution in [2.24, 2.45) is 0 Å². The molecule has 0 saturated carbocycles. The summed E-state index contributed by atoms with van der Waals surface area (Å²) in [4.78, 5) is 14.3. The molecular formula is C30H35NO4. The third-order valence-electron chi connectivity index (χ3n) is 6.32. The number of benzene rings is 3. The molecule has 5 nitrogen and oxygen atoms in total. The van der Waals surface area contributed by atoms with E-state index in [-0.39, 0.29) is 18.2 Å². The van der Waals surface area contributed by atoms with E-state index in [2.05, 4.69) is 35.2 Å². The van der Waals surface area contributed by atoms with Gasteiger partial charge in [0.2, 0.25) is 0 Å². The van der Waals surface area contributed by atoms with Crippen LogP contribution in [0.3, 0.4) is 0 Å². The van der Waals surface area contributed by atoms with E-state index in [1.54, 1.807) is 0 Å². The van der Waals surface area contributed by atoms with E-state index in [4.69, 9.17) is 9.47 Å². The Balaban J connectivity index is 1.56. The van der Waals surface area contributed by atoms with E-state index in [9.17, 15) is 9.90 Å². The first kappa shape index (κ1) is 25.0. The topological polar surface area (TPSA) is 59.0 Å². The smallest absolute Gasteiger partial charge is 0.337 e. The van der Waals surface area contributed by atoms with Crippen molar-refractivity contribution in [2.45, 2.75) is 51.9 Å². The number of hydrogen-bond acceptors (Lipinski definition) is 5. The van der Waals surface area contributed by atoms with Crippen LogP contribution < -0.4 is 4.90 Å². The predicted molar refractivity (Wildman–Crippen MR) is 140 cm³/mol. The number of aliphatic hydroxyl groups is 1. The summed E-state index contributed by atoms with van der Waals surface area (Å²) in [5.41, 5.74) is 6.80. The number of aliphatic hydroxyl groups excluding tert-OH is 1. The molecule has 0 aromatic heterocycles. The standard InChI is InChI=1S/C30H35NO4/c1-30(2,3)35-20-28(32)26-13-6-5-12-25(26)22-10-7-9-21(17-22)19-31-16-8-11-23-18-24(29(33)34-4)14-15-27(23)31/h5-7,9-10,12-15,17-18,28,32H,8,11,16,19-20H2,1-4H3. The number of hydrogen-bond donors (Lipinski definition) is 1. The molecule has 1 heterocycles. The molecule has 1 atom stereocenters. The van der Waals surface area contributed by atoms with Crippen molar-refractivity contribution in [3.05, 3.63) is 89.0 Å². The fourth-order valence-electron chi connectivity index (χ4n) is 4.61. The van der Waals surface area contributed by atoms with Gasteiger partial charge in [-0.05, 0) is 85.7 Å². The number of ether oxygens (including phenoxy) is 2. The van der Waals surface area contributed by atoms with Crippen LogP contribution in [-0.2, 0) is 22.4 Å². The van der Waals surface area contributed by atoms with Crippen LogP contribution in [-0.4, -0.2) is 36.9 Å². The Bertz CT molecular complexity index is 1180.